The molecule has 0 heterocycles. The van der Waals surface area contributed by atoms with Gasteiger partial charge in [0.05, 0.1) is 6.42 Å². The van der Waals surface area contributed by atoms with Crippen molar-refractivity contribution in [3.8, 4) is 11.1 Å². The summed E-state index contributed by atoms with van der Waals surface area (Å²) in [4.78, 5) is 24.1. The van der Waals surface area contributed by atoms with Gasteiger partial charge in [-0.05, 0) is 47.8 Å². The molecular weight excluding hydrogens is 344 g/mol. The number of hydrogen-bond acceptors (Lipinski definition) is 2. The zero-order valence-electron chi connectivity index (χ0n) is 17.2. The maximum atomic E-state index is 12.3. The lowest BCUT2D eigenvalue weighted by Gasteiger charge is -2.26. The van der Waals surface area contributed by atoms with Crippen LogP contribution >= 0.6 is 0 Å². The van der Waals surface area contributed by atoms with Crippen LogP contribution < -0.4 is 0 Å². The second-order valence-corrected chi connectivity index (χ2v) is 8.40. The number of rotatable bonds is 8. The van der Waals surface area contributed by atoms with Crippen molar-refractivity contribution in [3.63, 3.8) is 0 Å². The number of hydrogen-bond donors (Lipinski definition) is 0. The van der Waals surface area contributed by atoms with Crippen LogP contribution in [-0.2, 0) is 4.79 Å². The second kappa shape index (κ2) is 9.82. The fourth-order valence-corrected chi connectivity index (χ4v) is 4.13. The number of ketones is 2. The van der Waals surface area contributed by atoms with Crippen LogP contribution in [0.15, 0.2) is 48.5 Å². The fraction of sp³-hybridized carbons (Fsp3) is 0.462. The largest absolute Gasteiger partial charge is 0.299 e. The monoisotopic (exact) mass is 376 g/mol. The van der Waals surface area contributed by atoms with E-state index in [1.54, 1.807) is 0 Å². The van der Waals surface area contributed by atoms with Crippen molar-refractivity contribution in [3.05, 3.63) is 59.7 Å². The van der Waals surface area contributed by atoms with Crippen LogP contribution in [0.25, 0.3) is 11.1 Å². The summed E-state index contributed by atoms with van der Waals surface area (Å²) in [5.74, 6) is 1.55. The summed E-state index contributed by atoms with van der Waals surface area (Å²) in [6.07, 6.45) is 7.64. The summed E-state index contributed by atoms with van der Waals surface area (Å²) >= 11 is 0. The number of unbranched alkanes of at least 4 members (excludes halogenated alkanes) is 1. The number of carbonyl (C=O) groups excluding carboxylic acids is 2. The van der Waals surface area contributed by atoms with E-state index in [1.165, 1.54) is 36.8 Å². The molecule has 2 aromatic carbocycles. The van der Waals surface area contributed by atoms with Gasteiger partial charge in [-0.15, -0.1) is 0 Å². The molecule has 3 rings (SSSR count). The molecule has 0 N–H and O–H groups in total. The molecule has 0 atom stereocenters. The van der Waals surface area contributed by atoms with E-state index in [2.05, 4.69) is 38.1 Å². The Kier molecular flexibility index (Phi) is 7.19. The quantitative estimate of drug-likeness (QED) is 0.368. The molecule has 0 aromatic heterocycles. The van der Waals surface area contributed by atoms with Gasteiger partial charge in [0.1, 0.15) is 5.78 Å². The summed E-state index contributed by atoms with van der Waals surface area (Å²) in [5, 5.41) is 0. The maximum absolute atomic E-state index is 12.3. The van der Waals surface area contributed by atoms with Gasteiger partial charge in [-0.2, -0.15) is 0 Å². The fourth-order valence-electron chi connectivity index (χ4n) is 4.13. The molecule has 28 heavy (non-hydrogen) atoms. The number of carbonyl (C=O) groups is 2. The van der Waals surface area contributed by atoms with Crippen molar-refractivity contribution in [1.82, 2.24) is 0 Å². The van der Waals surface area contributed by atoms with Crippen molar-refractivity contribution in [1.29, 1.82) is 0 Å². The van der Waals surface area contributed by atoms with E-state index in [0.717, 1.165) is 24.3 Å². The molecule has 148 valence electrons. The molecule has 1 saturated carbocycles. The number of benzene rings is 2. The first kappa shape index (κ1) is 20.5. The highest BCUT2D eigenvalue weighted by Crippen LogP contribution is 2.36. The highest BCUT2D eigenvalue weighted by Gasteiger charge is 2.19. The number of Topliss-reactive ketones (excluding diaryl/α,β-unsaturated/α-hetero) is 2. The molecular formula is C26H32O2. The predicted octanol–water partition coefficient (Wildman–Crippen LogP) is 6.98. The zero-order chi connectivity index (χ0) is 19.9. The Bertz CT molecular complexity index is 778. The SMILES string of the molecule is CCCCC(=O)CC(=O)c1ccc(-c2ccc(C3CCC(C)CC3)cc2)cc1. The van der Waals surface area contributed by atoms with Gasteiger partial charge in [-0.1, -0.05) is 81.6 Å². The minimum atomic E-state index is -0.0745. The van der Waals surface area contributed by atoms with Crippen molar-refractivity contribution in [2.45, 2.75) is 71.1 Å². The van der Waals surface area contributed by atoms with Gasteiger partial charge in [0.15, 0.2) is 5.78 Å². The van der Waals surface area contributed by atoms with Crippen molar-refractivity contribution in [2.24, 2.45) is 5.92 Å². The van der Waals surface area contributed by atoms with Crippen LogP contribution in [0.1, 0.15) is 87.1 Å². The van der Waals surface area contributed by atoms with E-state index in [9.17, 15) is 9.59 Å². The minimum absolute atomic E-state index is 0.0219. The molecule has 0 spiro atoms. The lowest BCUT2D eigenvalue weighted by molar-refractivity contribution is -0.118. The van der Waals surface area contributed by atoms with Gasteiger partial charge in [0, 0.05) is 12.0 Å². The molecule has 1 aliphatic carbocycles. The van der Waals surface area contributed by atoms with Crippen molar-refractivity contribution < 1.29 is 9.59 Å². The lowest BCUT2D eigenvalue weighted by atomic mass is 9.79. The zero-order valence-corrected chi connectivity index (χ0v) is 17.2. The molecule has 0 amide bonds. The minimum Gasteiger partial charge on any atom is -0.299 e. The van der Waals surface area contributed by atoms with Crippen LogP contribution in [-0.4, -0.2) is 11.6 Å². The Hall–Kier alpha value is -2.22. The highest BCUT2D eigenvalue weighted by atomic mass is 16.1. The summed E-state index contributed by atoms with van der Waals surface area (Å²) in [7, 11) is 0. The third-order valence-electron chi connectivity index (χ3n) is 6.11. The second-order valence-electron chi connectivity index (χ2n) is 8.40. The Morgan fingerprint density at radius 3 is 2.00 bits per heavy atom. The highest BCUT2D eigenvalue weighted by molar-refractivity contribution is 6.08. The van der Waals surface area contributed by atoms with Crippen LogP contribution in [0.3, 0.4) is 0 Å². The van der Waals surface area contributed by atoms with Gasteiger partial charge >= 0.3 is 0 Å². The van der Waals surface area contributed by atoms with E-state index in [1.807, 2.05) is 24.3 Å². The first-order chi connectivity index (χ1) is 13.6. The molecule has 1 aliphatic rings. The predicted molar refractivity (Wildman–Crippen MR) is 116 cm³/mol. The maximum Gasteiger partial charge on any atom is 0.170 e. The summed E-state index contributed by atoms with van der Waals surface area (Å²) in [5.41, 5.74) is 4.36. The van der Waals surface area contributed by atoms with Crippen molar-refractivity contribution in [2.75, 3.05) is 0 Å². The Balaban J connectivity index is 1.61. The average Bonchev–Trinajstić information content (AvgIpc) is 2.73. The lowest BCUT2D eigenvalue weighted by Crippen LogP contribution is -2.10. The summed E-state index contributed by atoms with van der Waals surface area (Å²) < 4.78 is 0. The topological polar surface area (TPSA) is 34.1 Å². The Labute approximate surface area is 169 Å². The van der Waals surface area contributed by atoms with Crippen LogP contribution in [0.4, 0.5) is 0 Å². The molecule has 1 fully saturated rings. The van der Waals surface area contributed by atoms with Gasteiger partial charge in [0.2, 0.25) is 0 Å². The summed E-state index contributed by atoms with van der Waals surface area (Å²) in [6, 6.07) is 16.6. The third-order valence-corrected chi connectivity index (χ3v) is 6.11. The van der Waals surface area contributed by atoms with E-state index in [-0.39, 0.29) is 18.0 Å². The van der Waals surface area contributed by atoms with Crippen LogP contribution in [0.2, 0.25) is 0 Å². The van der Waals surface area contributed by atoms with Gasteiger partial charge in [-0.25, -0.2) is 0 Å². The average molecular weight is 377 g/mol. The molecule has 2 heteroatoms. The first-order valence-electron chi connectivity index (χ1n) is 10.8. The van der Waals surface area contributed by atoms with Gasteiger partial charge in [0.25, 0.3) is 0 Å². The van der Waals surface area contributed by atoms with E-state index < -0.39 is 0 Å². The van der Waals surface area contributed by atoms with Crippen LogP contribution in [0, 0.1) is 5.92 Å². The molecule has 2 aromatic rings. The third kappa shape index (κ3) is 5.41. The van der Waals surface area contributed by atoms with E-state index in [0.29, 0.717) is 17.9 Å². The molecule has 2 nitrogen and oxygen atoms in total. The van der Waals surface area contributed by atoms with Gasteiger partial charge < -0.3 is 0 Å². The standard InChI is InChI=1S/C26H32O2/c1-3-4-5-25(27)18-26(28)24-16-14-23(15-17-24)22-12-10-21(11-13-22)20-8-6-19(2)7-9-20/h10-17,19-20H,3-9,18H2,1-2H3. The van der Waals surface area contributed by atoms with E-state index >= 15 is 0 Å². The molecule has 0 saturated heterocycles. The Morgan fingerprint density at radius 1 is 0.857 bits per heavy atom. The van der Waals surface area contributed by atoms with E-state index in [4.69, 9.17) is 0 Å². The first-order valence-corrected chi connectivity index (χ1v) is 10.8. The molecule has 0 aliphatic heterocycles. The van der Waals surface area contributed by atoms with Gasteiger partial charge in [-0.3, -0.25) is 9.59 Å². The molecule has 0 radical (unpaired) electrons. The van der Waals surface area contributed by atoms with Crippen LogP contribution in [0.5, 0.6) is 0 Å². The smallest absolute Gasteiger partial charge is 0.170 e. The summed E-state index contributed by atoms with van der Waals surface area (Å²) in [6.45, 7) is 4.41. The molecule has 0 unspecified atom stereocenters. The Morgan fingerprint density at radius 2 is 1.43 bits per heavy atom. The molecule has 0 bridgehead atoms. The van der Waals surface area contributed by atoms with Crippen molar-refractivity contribution >= 4 is 11.6 Å². The normalized spacial score (nSPS) is 19.4.